The van der Waals surface area contributed by atoms with Gasteiger partial charge in [-0.2, -0.15) is 0 Å². The molecule has 1 saturated heterocycles. The number of benzene rings is 2. The van der Waals surface area contributed by atoms with Crippen molar-refractivity contribution in [3.63, 3.8) is 0 Å². The van der Waals surface area contributed by atoms with Crippen LogP contribution in [0.15, 0.2) is 48.5 Å². The van der Waals surface area contributed by atoms with E-state index in [0.717, 1.165) is 41.9 Å². The highest BCUT2D eigenvalue weighted by Gasteiger charge is 2.41. The maximum absolute atomic E-state index is 13.9. The number of carbonyl (C=O) groups excluding carboxylic acids is 1. The molecule has 2 aromatic carbocycles. The number of carboxylic acid groups (broad SMARTS) is 1. The normalized spacial score (nSPS) is 18.9. The van der Waals surface area contributed by atoms with E-state index in [9.17, 15) is 14.7 Å². The molecule has 3 heterocycles. The molecule has 1 aromatic heterocycles. The van der Waals surface area contributed by atoms with Crippen LogP contribution in [0.3, 0.4) is 0 Å². The lowest BCUT2D eigenvalue weighted by Crippen LogP contribution is -2.52. The van der Waals surface area contributed by atoms with Crippen LogP contribution in [0.4, 0.5) is 5.69 Å². The maximum Gasteiger partial charge on any atom is 0.348 e. The smallest absolute Gasteiger partial charge is 0.348 e. The highest BCUT2D eigenvalue weighted by Crippen LogP contribution is 2.43. The van der Waals surface area contributed by atoms with Crippen LogP contribution >= 0.6 is 34.5 Å². The maximum atomic E-state index is 13.9. The monoisotopic (exact) mass is 500 g/mol. The fourth-order valence-corrected chi connectivity index (χ4v) is 6.58. The van der Waals surface area contributed by atoms with Crippen LogP contribution < -0.4 is 10.2 Å². The van der Waals surface area contributed by atoms with Gasteiger partial charge in [0.05, 0.1) is 16.3 Å². The Labute approximate surface area is 205 Å². The minimum atomic E-state index is -1.04. The Hall–Kier alpha value is -2.38. The Morgan fingerprint density at radius 2 is 1.82 bits per heavy atom. The van der Waals surface area contributed by atoms with Crippen LogP contribution in [-0.2, 0) is 6.42 Å². The summed E-state index contributed by atoms with van der Waals surface area (Å²) in [5.41, 5.74) is 2.60. The SMILES string of the molecule is O=C(O)c1sc(-c2ccccc2)cc1N1C(=O)c2c(Cl)cc(Cl)cc2CC1C1CCNCC1. The Balaban J connectivity index is 1.67. The van der Waals surface area contributed by atoms with Gasteiger partial charge in [-0.1, -0.05) is 53.5 Å². The van der Waals surface area contributed by atoms with Crippen molar-refractivity contribution in [2.45, 2.75) is 25.3 Å². The lowest BCUT2D eigenvalue weighted by Gasteiger charge is -2.42. The van der Waals surface area contributed by atoms with Gasteiger partial charge in [-0.3, -0.25) is 4.79 Å². The van der Waals surface area contributed by atoms with E-state index >= 15 is 0 Å². The first-order valence-corrected chi connectivity index (χ1v) is 12.5. The number of hydrogen-bond acceptors (Lipinski definition) is 4. The molecule has 0 bridgehead atoms. The van der Waals surface area contributed by atoms with Gasteiger partial charge in [0.15, 0.2) is 0 Å². The Morgan fingerprint density at radius 1 is 1.09 bits per heavy atom. The number of anilines is 1. The zero-order valence-corrected chi connectivity index (χ0v) is 20.0. The molecule has 33 heavy (non-hydrogen) atoms. The minimum Gasteiger partial charge on any atom is -0.477 e. The van der Waals surface area contributed by atoms with E-state index in [0.29, 0.717) is 27.7 Å². The van der Waals surface area contributed by atoms with Crippen LogP contribution in [0, 0.1) is 5.92 Å². The van der Waals surface area contributed by atoms with Gasteiger partial charge in [0.25, 0.3) is 5.91 Å². The van der Waals surface area contributed by atoms with Crippen molar-refractivity contribution in [3.05, 3.63) is 74.6 Å². The predicted molar refractivity (Wildman–Crippen MR) is 133 cm³/mol. The van der Waals surface area contributed by atoms with Gasteiger partial charge < -0.3 is 15.3 Å². The average Bonchev–Trinajstić information content (AvgIpc) is 3.25. The van der Waals surface area contributed by atoms with Gasteiger partial charge >= 0.3 is 5.97 Å². The van der Waals surface area contributed by atoms with Crippen LogP contribution in [0.5, 0.6) is 0 Å². The van der Waals surface area contributed by atoms with Gasteiger partial charge in [0.1, 0.15) is 4.88 Å². The van der Waals surface area contributed by atoms with Crippen LogP contribution in [0.2, 0.25) is 10.0 Å². The second-order valence-electron chi connectivity index (χ2n) is 8.45. The number of thiophene rings is 1. The molecular weight excluding hydrogens is 479 g/mol. The molecule has 2 N–H and O–H groups in total. The van der Waals surface area contributed by atoms with Crippen LogP contribution in [-0.4, -0.2) is 36.1 Å². The predicted octanol–water partition coefficient (Wildman–Crippen LogP) is 5.99. The lowest BCUT2D eigenvalue weighted by molar-refractivity contribution is 0.0702. The minimum absolute atomic E-state index is 0.162. The number of halogens is 2. The molecule has 1 fully saturated rings. The number of nitrogens with zero attached hydrogens (tertiary/aromatic N) is 1. The van der Waals surface area contributed by atoms with Crippen molar-refractivity contribution in [2.75, 3.05) is 18.0 Å². The molecule has 5 rings (SSSR count). The number of carbonyl (C=O) groups is 2. The van der Waals surface area contributed by atoms with E-state index in [1.807, 2.05) is 42.5 Å². The Morgan fingerprint density at radius 3 is 2.52 bits per heavy atom. The molecule has 1 atom stereocenters. The summed E-state index contributed by atoms with van der Waals surface area (Å²) >= 11 is 13.9. The summed E-state index contributed by atoms with van der Waals surface area (Å²) in [4.78, 5) is 28.9. The summed E-state index contributed by atoms with van der Waals surface area (Å²) in [6.45, 7) is 1.74. The Bertz CT molecular complexity index is 1220. The largest absolute Gasteiger partial charge is 0.477 e. The third-order valence-corrected chi connectivity index (χ3v) is 8.16. The average molecular weight is 501 g/mol. The molecule has 2 aliphatic rings. The van der Waals surface area contributed by atoms with Gasteiger partial charge in [0, 0.05) is 15.9 Å². The lowest BCUT2D eigenvalue weighted by atomic mass is 9.81. The summed E-state index contributed by atoms with van der Waals surface area (Å²) in [6, 6.07) is 14.7. The number of nitrogens with one attached hydrogen (secondary N) is 1. The first-order chi connectivity index (χ1) is 15.9. The first-order valence-electron chi connectivity index (χ1n) is 10.9. The second kappa shape index (κ2) is 9.11. The fourth-order valence-electron chi connectivity index (χ4n) is 4.97. The van der Waals surface area contributed by atoms with Crippen LogP contribution in [0.1, 0.15) is 38.4 Å². The number of hydrogen-bond donors (Lipinski definition) is 2. The zero-order chi connectivity index (χ0) is 23.1. The molecule has 170 valence electrons. The zero-order valence-electron chi connectivity index (χ0n) is 17.7. The van der Waals surface area contributed by atoms with Crippen molar-refractivity contribution in [1.82, 2.24) is 5.32 Å². The topological polar surface area (TPSA) is 69.6 Å². The van der Waals surface area contributed by atoms with Gasteiger partial charge in [-0.15, -0.1) is 11.3 Å². The summed E-state index contributed by atoms with van der Waals surface area (Å²) in [7, 11) is 0. The van der Waals surface area contributed by atoms with Gasteiger partial charge in [0.2, 0.25) is 0 Å². The molecule has 3 aromatic rings. The molecule has 1 amide bonds. The van der Waals surface area contributed by atoms with Crippen molar-refractivity contribution >= 4 is 52.1 Å². The van der Waals surface area contributed by atoms with Gasteiger partial charge in [-0.05, 0) is 67.6 Å². The third kappa shape index (κ3) is 4.17. The highest BCUT2D eigenvalue weighted by atomic mass is 35.5. The van der Waals surface area contributed by atoms with E-state index in [1.54, 1.807) is 11.0 Å². The van der Waals surface area contributed by atoms with Crippen molar-refractivity contribution in [2.24, 2.45) is 5.92 Å². The second-order valence-corrected chi connectivity index (χ2v) is 10.3. The molecule has 8 heteroatoms. The summed E-state index contributed by atoms with van der Waals surface area (Å²) in [6.07, 6.45) is 2.41. The van der Waals surface area contributed by atoms with Crippen molar-refractivity contribution < 1.29 is 14.7 Å². The number of fused-ring (bicyclic) bond motifs is 1. The van der Waals surface area contributed by atoms with E-state index in [1.165, 1.54) is 11.3 Å². The van der Waals surface area contributed by atoms with Crippen molar-refractivity contribution in [3.8, 4) is 10.4 Å². The molecule has 2 aliphatic heterocycles. The van der Waals surface area contributed by atoms with Crippen molar-refractivity contribution in [1.29, 1.82) is 0 Å². The standard InChI is InChI=1S/C25H22Cl2N2O3S/c26-17-10-16-11-19(14-6-8-28-9-7-14)29(24(30)22(16)18(27)12-17)20-13-21(33-23(20)25(31)32)15-4-2-1-3-5-15/h1-5,10,12-14,19,28H,6-9,11H2,(H,31,32). The molecule has 0 saturated carbocycles. The van der Waals surface area contributed by atoms with Crippen LogP contribution in [0.25, 0.3) is 10.4 Å². The summed E-state index contributed by atoms with van der Waals surface area (Å²) in [5.74, 6) is -1.06. The number of aromatic carboxylic acids is 1. The molecule has 0 aliphatic carbocycles. The fraction of sp³-hybridized carbons (Fsp3) is 0.280. The molecule has 0 spiro atoms. The van der Waals surface area contributed by atoms with E-state index in [4.69, 9.17) is 23.2 Å². The molecule has 1 unspecified atom stereocenters. The number of piperidine rings is 1. The van der Waals surface area contributed by atoms with E-state index in [2.05, 4.69) is 5.32 Å². The van der Waals surface area contributed by atoms with Gasteiger partial charge in [-0.25, -0.2) is 4.79 Å². The summed E-state index contributed by atoms with van der Waals surface area (Å²) < 4.78 is 0. The van der Waals surface area contributed by atoms with E-state index < -0.39 is 5.97 Å². The summed E-state index contributed by atoms with van der Waals surface area (Å²) in [5, 5.41) is 14.2. The number of rotatable bonds is 4. The Kier molecular flexibility index (Phi) is 6.18. The third-order valence-electron chi connectivity index (χ3n) is 6.48. The molecule has 0 radical (unpaired) electrons. The van der Waals surface area contributed by atoms with E-state index in [-0.39, 0.29) is 22.7 Å². The molecule has 5 nitrogen and oxygen atoms in total. The first kappa shape index (κ1) is 22.4. The number of amides is 1. The quantitative estimate of drug-likeness (QED) is 0.461. The number of carboxylic acids is 1. The molecular formula is C25H22Cl2N2O3S. The highest BCUT2D eigenvalue weighted by molar-refractivity contribution is 7.18.